The number of nitrogen functional groups attached to an aromatic ring is 1. The minimum Gasteiger partial charge on any atom is -0.396 e. The standard InChI is InChI=1S/C12H13N5S/c1-6-4-18-11-10(6)14-5-15-12(11)17-8(3)9(13)7(2)16-17/h4-5H,13H2,1-3H3. The van der Waals surface area contributed by atoms with Crippen molar-refractivity contribution in [1.29, 1.82) is 0 Å². The highest BCUT2D eigenvalue weighted by Gasteiger charge is 2.15. The van der Waals surface area contributed by atoms with Crippen molar-refractivity contribution in [3.63, 3.8) is 0 Å². The summed E-state index contributed by atoms with van der Waals surface area (Å²) >= 11 is 1.63. The Labute approximate surface area is 108 Å². The van der Waals surface area contributed by atoms with Crippen LogP contribution in [-0.2, 0) is 0 Å². The van der Waals surface area contributed by atoms with E-state index in [2.05, 4.69) is 20.4 Å². The fraction of sp³-hybridized carbons (Fsp3) is 0.250. The van der Waals surface area contributed by atoms with Crippen molar-refractivity contribution in [2.45, 2.75) is 20.8 Å². The van der Waals surface area contributed by atoms with Gasteiger partial charge in [-0.25, -0.2) is 14.6 Å². The maximum absolute atomic E-state index is 5.97. The third kappa shape index (κ3) is 1.42. The first kappa shape index (κ1) is 11.2. The average molecular weight is 259 g/mol. The summed E-state index contributed by atoms with van der Waals surface area (Å²) in [5, 5.41) is 6.53. The lowest BCUT2D eigenvalue weighted by Gasteiger charge is -2.04. The number of nitrogens with two attached hydrogens (primary N) is 1. The molecule has 0 unspecified atom stereocenters. The van der Waals surface area contributed by atoms with Crippen LogP contribution in [0.3, 0.4) is 0 Å². The molecule has 3 heterocycles. The number of hydrogen-bond donors (Lipinski definition) is 1. The van der Waals surface area contributed by atoms with Gasteiger partial charge in [-0.1, -0.05) is 0 Å². The molecule has 0 saturated carbocycles. The van der Waals surface area contributed by atoms with E-state index in [9.17, 15) is 0 Å². The van der Waals surface area contributed by atoms with E-state index in [0.29, 0.717) is 0 Å². The largest absolute Gasteiger partial charge is 0.396 e. The number of aryl methyl sites for hydroxylation is 2. The molecule has 0 radical (unpaired) electrons. The lowest BCUT2D eigenvalue weighted by Crippen LogP contribution is -2.03. The van der Waals surface area contributed by atoms with Crippen LogP contribution in [0.1, 0.15) is 17.0 Å². The van der Waals surface area contributed by atoms with Crippen molar-refractivity contribution in [3.8, 4) is 5.82 Å². The zero-order valence-corrected chi connectivity index (χ0v) is 11.2. The van der Waals surface area contributed by atoms with E-state index >= 15 is 0 Å². The highest BCUT2D eigenvalue weighted by atomic mass is 32.1. The molecular formula is C12H13N5S. The van der Waals surface area contributed by atoms with Gasteiger partial charge in [0.25, 0.3) is 0 Å². The van der Waals surface area contributed by atoms with Crippen molar-refractivity contribution < 1.29 is 0 Å². The molecule has 6 heteroatoms. The molecule has 0 amide bonds. The van der Waals surface area contributed by atoms with E-state index < -0.39 is 0 Å². The van der Waals surface area contributed by atoms with Gasteiger partial charge >= 0.3 is 0 Å². The highest BCUT2D eigenvalue weighted by Crippen LogP contribution is 2.29. The first-order valence-corrected chi connectivity index (χ1v) is 6.48. The fourth-order valence-corrected chi connectivity index (χ4v) is 2.95. The second-order valence-electron chi connectivity index (χ2n) is 4.29. The Morgan fingerprint density at radius 2 is 2.00 bits per heavy atom. The van der Waals surface area contributed by atoms with E-state index in [1.54, 1.807) is 22.3 Å². The predicted molar refractivity (Wildman–Crippen MR) is 73.2 cm³/mol. The zero-order valence-electron chi connectivity index (χ0n) is 10.4. The van der Waals surface area contributed by atoms with Crippen molar-refractivity contribution in [1.82, 2.24) is 19.7 Å². The molecule has 3 rings (SSSR count). The molecule has 0 saturated heterocycles. The van der Waals surface area contributed by atoms with E-state index in [4.69, 9.17) is 5.73 Å². The Morgan fingerprint density at radius 3 is 2.67 bits per heavy atom. The number of thiophene rings is 1. The highest BCUT2D eigenvalue weighted by molar-refractivity contribution is 7.17. The number of aromatic nitrogens is 4. The summed E-state index contributed by atoms with van der Waals surface area (Å²) in [6.45, 7) is 5.89. The SMILES string of the molecule is Cc1nn(-c2ncnc3c(C)csc23)c(C)c1N. The predicted octanol–water partition coefficient (Wildman–Crippen LogP) is 2.38. The molecule has 3 aromatic rings. The molecule has 0 aliphatic rings. The second kappa shape index (κ2) is 3.78. The minimum absolute atomic E-state index is 0.718. The second-order valence-corrected chi connectivity index (χ2v) is 5.17. The summed E-state index contributed by atoms with van der Waals surface area (Å²) in [7, 11) is 0. The summed E-state index contributed by atoms with van der Waals surface area (Å²) in [6, 6.07) is 0. The first-order valence-electron chi connectivity index (χ1n) is 5.60. The molecule has 2 N–H and O–H groups in total. The normalized spacial score (nSPS) is 11.3. The van der Waals surface area contributed by atoms with Crippen molar-refractivity contribution in [3.05, 3.63) is 28.7 Å². The molecule has 3 aromatic heterocycles. The number of rotatable bonds is 1. The lowest BCUT2D eigenvalue weighted by atomic mass is 10.3. The molecule has 0 aliphatic carbocycles. The monoisotopic (exact) mass is 259 g/mol. The maximum atomic E-state index is 5.97. The smallest absolute Gasteiger partial charge is 0.174 e. The van der Waals surface area contributed by atoms with Gasteiger partial charge < -0.3 is 5.73 Å². The molecule has 18 heavy (non-hydrogen) atoms. The fourth-order valence-electron chi connectivity index (χ4n) is 1.97. The van der Waals surface area contributed by atoms with Crippen LogP contribution in [-0.4, -0.2) is 19.7 Å². The van der Waals surface area contributed by atoms with Gasteiger partial charge in [0.05, 0.1) is 27.3 Å². The summed E-state index contributed by atoms with van der Waals surface area (Å²) in [5.74, 6) is 0.801. The summed E-state index contributed by atoms with van der Waals surface area (Å²) < 4.78 is 2.84. The molecule has 0 atom stereocenters. The Balaban J connectivity index is 2.35. The Kier molecular flexibility index (Phi) is 2.34. The third-order valence-corrected chi connectivity index (χ3v) is 4.14. The topological polar surface area (TPSA) is 69.6 Å². The van der Waals surface area contributed by atoms with Gasteiger partial charge in [-0.2, -0.15) is 5.10 Å². The number of anilines is 1. The molecule has 0 spiro atoms. The molecule has 0 bridgehead atoms. The van der Waals surface area contributed by atoms with Crippen LogP contribution in [0, 0.1) is 20.8 Å². The van der Waals surface area contributed by atoms with Gasteiger partial charge in [0.2, 0.25) is 0 Å². The van der Waals surface area contributed by atoms with Gasteiger partial charge in [-0.15, -0.1) is 11.3 Å². The Morgan fingerprint density at radius 1 is 1.22 bits per heavy atom. The lowest BCUT2D eigenvalue weighted by molar-refractivity contribution is 0.811. The van der Waals surface area contributed by atoms with Crippen LogP contribution >= 0.6 is 11.3 Å². The van der Waals surface area contributed by atoms with Crippen LogP contribution in [0.2, 0.25) is 0 Å². The van der Waals surface area contributed by atoms with Gasteiger partial charge in [0, 0.05) is 0 Å². The van der Waals surface area contributed by atoms with Crippen molar-refractivity contribution in [2.75, 3.05) is 5.73 Å². The van der Waals surface area contributed by atoms with Crippen LogP contribution < -0.4 is 5.73 Å². The molecule has 0 fully saturated rings. The van der Waals surface area contributed by atoms with Crippen LogP contribution in [0.4, 0.5) is 5.69 Å². The summed E-state index contributed by atoms with van der Waals surface area (Å²) in [5.41, 5.74) is 10.6. The van der Waals surface area contributed by atoms with E-state index in [-0.39, 0.29) is 0 Å². The molecule has 5 nitrogen and oxygen atoms in total. The zero-order chi connectivity index (χ0) is 12.9. The quantitative estimate of drug-likeness (QED) is 0.728. The summed E-state index contributed by atoms with van der Waals surface area (Å²) in [6.07, 6.45) is 1.57. The molecular weight excluding hydrogens is 246 g/mol. The first-order chi connectivity index (χ1) is 8.59. The number of hydrogen-bond acceptors (Lipinski definition) is 5. The molecule has 92 valence electrons. The molecule has 0 aliphatic heterocycles. The molecule has 0 aromatic carbocycles. The van der Waals surface area contributed by atoms with Gasteiger partial charge in [-0.3, -0.25) is 0 Å². The van der Waals surface area contributed by atoms with Crippen LogP contribution in [0.25, 0.3) is 16.0 Å². The van der Waals surface area contributed by atoms with Crippen molar-refractivity contribution in [2.24, 2.45) is 0 Å². The van der Waals surface area contributed by atoms with Crippen LogP contribution in [0.5, 0.6) is 0 Å². The van der Waals surface area contributed by atoms with Crippen molar-refractivity contribution >= 4 is 27.2 Å². The van der Waals surface area contributed by atoms with Gasteiger partial charge in [-0.05, 0) is 31.7 Å². The Hall–Kier alpha value is -1.95. The van der Waals surface area contributed by atoms with E-state index in [0.717, 1.165) is 38.7 Å². The maximum Gasteiger partial charge on any atom is 0.174 e. The summed E-state index contributed by atoms with van der Waals surface area (Å²) in [4.78, 5) is 8.66. The minimum atomic E-state index is 0.718. The number of fused-ring (bicyclic) bond motifs is 1. The van der Waals surface area contributed by atoms with Gasteiger partial charge in [0.1, 0.15) is 6.33 Å². The Bertz CT molecular complexity index is 740. The van der Waals surface area contributed by atoms with Gasteiger partial charge in [0.15, 0.2) is 5.82 Å². The van der Waals surface area contributed by atoms with Crippen LogP contribution in [0.15, 0.2) is 11.7 Å². The number of nitrogens with zero attached hydrogens (tertiary/aromatic N) is 4. The van der Waals surface area contributed by atoms with E-state index in [1.165, 1.54) is 0 Å². The average Bonchev–Trinajstić information content (AvgIpc) is 2.86. The van der Waals surface area contributed by atoms with E-state index in [1.807, 2.05) is 20.8 Å². The third-order valence-electron chi connectivity index (χ3n) is 3.06.